The minimum Gasteiger partial charge on any atom is -0.353 e. The van der Waals surface area contributed by atoms with Crippen LogP contribution in [0.5, 0.6) is 0 Å². The summed E-state index contributed by atoms with van der Waals surface area (Å²) in [6, 6.07) is 7.05. The standard InChI is InChI=1S/C20H27ClN2O2/c1-13(18-12-14-4-5-16(18)11-14)23-19(24)3-2-10-22-20(25)15-6-8-17(21)9-7-15/h6-9,13-14,16,18H,2-5,10-12H2,1H3,(H,22,25)(H,23,24)/t13-,14-,16-,18+/m0/s1. The summed E-state index contributed by atoms with van der Waals surface area (Å²) in [4.78, 5) is 24.1. The van der Waals surface area contributed by atoms with Gasteiger partial charge in [0.05, 0.1) is 0 Å². The van der Waals surface area contributed by atoms with Crippen molar-refractivity contribution >= 4 is 23.4 Å². The molecule has 2 bridgehead atoms. The molecule has 2 saturated carbocycles. The Morgan fingerprint density at radius 1 is 1.20 bits per heavy atom. The van der Waals surface area contributed by atoms with E-state index in [0.717, 1.165) is 11.8 Å². The number of amides is 2. The van der Waals surface area contributed by atoms with Crippen LogP contribution in [0, 0.1) is 17.8 Å². The van der Waals surface area contributed by atoms with Crippen LogP contribution in [0.25, 0.3) is 0 Å². The van der Waals surface area contributed by atoms with Gasteiger partial charge in [0.2, 0.25) is 5.91 Å². The van der Waals surface area contributed by atoms with E-state index in [1.165, 1.54) is 25.7 Å². The van der Waals surface area contributed by atoms with Crippen LogP contribution in [0.2, 0.25) is 5.02 Å². The zero-order chi connectivity index (χ0) is 17.8. The summed E-state index contributed by atoms with van der Waals surface area (Å²) in [6.45, 7) is 2.64. The summed E-state index contributed by atoms with van der Waals surface area (Å²) in [7, 11) is 0. The van der Waals surface area contributed by atoms with Crippen LogP contribution in [-0.2, 0) is 4.79 Å². The van der Waals surface area contributed by atoms with Crippen LogP contribution in [0.1, 0.15) is 55.8 Å². The lowest BCUT2D eigenvalue weighted by Gasteiger charge is -2.28. The molecular weight excluding hydrogens is 336 g/mol. The fourth-order valence-electron chi connectivity index (χ4n) is 4.49. The monoisotopic (exact) mass is 362 g/mol. The molecule has 0 saturated heterocycles. The molecule has 2 aliphatic rings. The third-order valence-electron chi connectivity index (χ3n) is 5.80. The number of nitrogens with one attached hydrogen (secondary N) is 2. The van der Waals surface area contributed by atoms with Gasteiger partial charge in [0.25, 0.3) is 5.91 Å². The van der Waals surface area contributed by atoms with E-state index < -0.39 is 0 Å². The van der Waals surface area contributed by atoms with Gasteiger partial charge in [-0.1, -0.05) is 18.0 Å². The third-order valence-corrected chi connectivity index (χ3v) is 6.05. The Morgan fingerprint density at radius 2 is 1.96 bits per heavy atom. The summed E-state index contributed by atoms with van der Waals surface area (Å²) in [6.07, 6.45) is 6.47. The minimum absolute atomic E-state index is 0.0935. The second kappa shape index (κ2) is 8.22. The largest absolute Gasteiger partial charge is 0.353 e. The van der Waals surface area contributed by atoms with Crippen molar-refractivity contribution in [1.82, 2.24) is 10.6 Å². The molecule has 2 aliphatic carbocycles. The first-order valence-corrected chi connectivity index (χ1v) is 9.74. The van der Waals surface area contributed by atoms with Crippen molar-refractivity contribution in [3.05, 3.63) is 34.9 Å². The zero-order valence-corrected chi connectivity index (χ0v) is 15.5. The van der Waals surface area contributed by atoms with E-state index in [0.29, 0.717) is 35.9 Å². The fraction of sp³-hybridized carbons (Fsp3) is 0.600. The Bertz CT molecular complexity index is 617. The molecular formula is C20H27ClN2O2. The topological polar surface area (TPSA) is 58.2 Å². The molecule has 2 fully saturated rings. The molecule has 136 valence electrons. The lowest BCUT2D eigenvalue weighted by Crippen LogP contribution is -2.40. The first-order valence-electron chi connectivity index (χ1n) is 9.36. The number of rotatable bonds is 7. The quantitative estimate of drug-likeness (QED) is 0.725. The van der Waals surface area contributed by atoms with Gasteiger partial charge in [0.15, 0.2) is 0 Å². The molecule has 0 aromatic heterocycles. The maximum Gasteiger partial charge on any atom is 0.251 e. The summed E-state index contributed by atoms with van der Waals surface area (Å²) in [5.74, 6) is 2.34. The van der Waals surface area contributed by atoms with Crippen LogP contribution in [0.15, 0.2) is 24.3 Å². The number of fused-ring (bicyclic) bond motifs is 2. The Hall–Kier alpha value is -1.55. The maximum absolute atomic E-state index is 12.1. The Kier molecular flexibility index (Phi) is 6.00. The SMILES string of the molecule is C[C@H](NC(=O)CCCNC(=O)c1ccc(Cl)cc1)[C@H]1C[C@H]2CC[C@H]1C2. The average molecular weight is 363 g/mol. The number of halogens is 1. The molecule has 0 aliphatic heterocycles. The normalized spacial score (nSPS) is 25.6. The maximum atomic E-state index is 12.1. The lowest BCUT2D eigenvalue weighted by atomic mass is 9.84. The van der Waals surface area contributed by atoms with Crippen LogP contribution in [0.4, 0.5) is 0 Å². The van der Waals surface area contributed by atoms with Gasteiger partial charge in [-0.2, -0.15) is 0 Å². The zero-order valence-electron chi connectivity index (χ0n) is 14.8. The van der Waals surface area contributed by atoms with Crippen LogP contribution < -0.4 is 10.6 Å². The Morgan fingerprint density at radius 3 is 2.60 bits per heavy atom. The molecule has 0 heterocycles. The summed E-state index contributed by atoms with van der Waals surface area (Å²) < 4.78 is 0. The van der Waals surface area contributed by atoms with Crippen LogP contribution in [0.3, 0.4) is 0 Å². The van der Waals surface area contributed by atoms with Gasteiger partial charge in [-0.15, -0.1) is 0 Å². The van der Waals surface area contributed by atoms with Gasteiger partial charge >= 0.3 is 0 Å². The number of hydrogen-bond donors (Lipinski definition) is 2. The average Bonchev–Trinajstić information content (AvgIpc) is 3.22. The van der Waals surface area contributed by atoms with Crippen molar-refractivity contribution in [1.29, 1.82) is 0 Å². The summed E-state index contributed by atoms with van der Waals surface area (Å²) >= 11 is 5.81. The van der Waals surface area contributed by atoms with Gasteiger partial charge in [-0.05, 0) is 74.6 Å². The second-order valence-electron chi connectivity index (χ2n) is 7.56. The predicted molar refractivity (Wildman–Crippen MR) is 99.6 cm³/mol. The third kappa shape index (κ3) is 4.75. The van der Waals surface area contributed by atoms with Crippen LogP contribution >= 0.6 is 11.6 Å². The minimum atomic E-state index is -0.132. The summed E-state index contributed by atoms with van der Waals surface area (Å²) in [5, 5.41) is 6.62. The first kappa shape index (κ1) is 18.2. The van der Waals surface area contributed by atoms with E-state index in [1.54, 1.807) is 24.3 Å². The molecule has 4 nitrogen and oxygen atoms in total. The molecule has 4 atom stereocenters. The highest BCUT2D eigenvalue weighted by Gasteiger charge is 2.41. The molecule has 3 rings (SSSR count). The molecule has 0 radical (unpaired) electrons. The van der Waals surface area contributed by atoms with Crippen molar-refractivity contribution in [2.24, 2.45) is 17.8 Å². The number of carbonyl (C=O) groups excluding carboxylic acids is 2. The van der Waals surface area contributed by atoms with Crippen molar-refractivity contribution in [3.8, 4) is 0 Å². The van der Waals surface area contributed by atoms with E-state index >= 15 is 0 Å². The van der Waals surface area contributed by atoms with E-state index in [-0.39, 0.29) is 17.9 Å². The van der Waals surface area contributed by atoms with E-state index in [9.17, 15) is 9.59 Å². The first-order chi connectivity index (χ1) is 12.0. The van der Waals surface area contributed by atoms with E-state index in [1.807, 2.05) is 0 Å². The van der Waals surface area contributed by atoms with Crippen molar-refractivity contribution in [2.45, 2.75) is 51.5 Å². The second-order valence-corrected chi connectivity index (χ2v) is 8.00. The molecule has 2 amide bonds. The van der Waals surface area contributed by atoms with Gasteiger partial charge in [-0.3, -0.25) is 9.59 Å². The number of carbonyl (C=O) groups is 2. The Labute approximate surface area is 154 Å². The van der Waals surface area contributed by atoms with Gasteiger partial charge in [0, 0.05) is 29.6 Å². The van der Waals surface area contributed by atoms with Crippen molar-refractivity contribution in [2.75, 3.05) is 6.54 Å². The Balaban J connectivity index is 1.32. The van der Waals surface area contributed by atoms with E-state index in [4.69, 9.17) is 11.6 Å². The number of benzene rings is 1. The van der Waals surface area contributed by atoms with E-state index in [2.05, 4.69) is 17.6 Å². The molecule has 5 heteroatoms. The molecule has 2 N–H and O–H groups in total. The van der Waals surface area contributed by atoms with Crippen molar-refractivity contribution < 1.29 is 9.59 Å². The molecule has 1 aromatic rings. The highest BCUT2D eigenvalue weighted by molar-refractivity contribution is 6.30. The molecule has 25 heavy (non-hydrogen) atoms. The number of hydrogen-bond acceptors (Lipinski definition) is 2. The van der Waals surface area contributed by atoms with Crippen LogP contribution in [-0.4, -0.2) is 24.4 Å². The highest BCUT2D eigenvalue weighted by Crippen LogP contribution is 2.49. The summed E-state index contributed by atoms with van der Waals surface area (Å²) in [5.41, 5.74) is 0.582. The highest BCUT2D eigenvalue weighted by atomic mass is 35.5. The molecule has 0 spiro atoms. The smallest absolute Gasteiger partial charge is 0.251 e. The lowest BCUT2D eigenvalue weighted by molar-refractivity contribution is -0.122. The van der Waals surface area contributed by atoms with Gasteiger partial charge < -0.3 is 10.6 Å². The fourth-order valence-corrected chi connectivity index (χ4v) is 4.62. The van der Waals surface area contributed by atoms with Crippen molar-refractivity contribution in [3.63, 3.8) is 0 Å². The predicted octanol–water partition coefficient (Wildman–Crippen LogP) is 3.79. The molecule has 1 aromatic carbocycles. The molecule has 0 unspecified atom stereocenters. The van der Waals surface area contributed by atoms with Gasteiger partial charge in [-0.25, -0.2) is 0 Å². The van der Waals surface area contributed by atoms with Gasteiger partial charge in [0.1, 0.15) is 0 Å².